The van der Waals surface area contributed by atoms with Crippen LogP contribution in [0.2, 0.25) is 0 Å². The minimum Gasteiger partial charge on any atom is -0.223 e. The van der Waals surface area contributed by atoms with E-state index >= 15 is 0 Å². The fraction of sp³-hybridized carbons (Fsp3) is 0.667. The Kier molecular flexibility index (Phi) is 4.03. The summed E-state index contributed by atoms with van der Waals surface area (Å²) < 4.78 is 2.14. The molecule has 2 aromatic heterocycles. The zero-order valence-electron chi connectivity index (χ0n) is 13.4. The maximum absolute atomic E-state index is 4.97. The first-order valence-electron chi connectivity index (χ1n) is 8.83. The number of aromatic nitrogens is 3. The SMILES string of the molecule is Cc1cc(C2CCCC2)n(-c2nc(C3CCCCC3)cs2)n1. The number of hydrogen-bond donors (Lipinski definition) is 0. The lowest BCUT2D eigenvalue weighted by Crippen LogP contribution is -2.07. The van der Waals surface area contributed by atoms with Crippen LogP contribution in [0.3, 0.4) is 0 Å². The van der Waals surface area contributed by atoms with E-state index in [1.54, 1.807) is 11.3 Å². The van der Waals surface area contributed by atoms with Crippen molar-refractivity contribution in [1.82, 2.24) is 14.8 Å². The molecule has 4 rings (SSSR count). The quantitative estimate of drug-likeness (QED) is 0.765. The van der Waals surface area contributed by atoms with E-state index in [1.807, 2.05) is 0 Å². The van der Waals surface area contributed by atoms with Crippen molar-refractivity contribution in [2.45, 2.75) is 76.5 Å². The molecule has 0 saturated heterocycles. The molecule has 4 heteroatoms. The van der Waals surface area contributed by atoms with Crippen LogP contribution in [-0.2, 0) is 0 Å². The normalized spacial score (nSPS) is 20.8. The topological polar surface area (TPSA) is 30.7 Å². The van der Waals surface area contributed by atoms with Gasteiger partial charge in [0.05, 0.1) is 17.1 Å². The van der Waals surface area contributed by atoms with Gasteiger partial charge < -0.3 is 0 Å². The van der Waals surface area contributed by atoms with E-state index in [-0.39, 0.29) is 0 Å². The van der Waals surface area contributed by atoms with Gasteiger partial charge in [0.1, 0.15) is 0 Å². The summed E-state index contributed by atoms with van der Waals surface area (Å²) in [5.74, 6) is 1.37. The number of thiazole rings is 1. The van der Waals surface area contributed by atoms with Gasteiger partial charge in [-0.05, 0) is 38.7 Å². The van der Waals surface area contributed by atoms with Crippen LogP contribution >= 0.6 is 11.3 Å². The van der Waals surface area contributed by atoms with Crippen LogP contribution in [0.5, 0.6) is 0 Å². The monoisotopic (exact) mass is 315 g/mol. The Morgan fingerprint density at radius 3 is 2.45 bits per heavy atom. The van der Waals surface area contributed by atoms with Gasteiger partial charge in [-0.3, -0.25) is 0 Å². The summed E-state index contributed by atoms with van der Waals surface area (Å²) >= 11 is 1.77. The van der Waals surface area contributed by atoms with Crippen molar-refractivity contribution in [3.8, 4) is 5.13 Å². The second kappa shape index (κ2) is 6.15. The number of rotatable bonds is 3. The molecule has 0 unspecified atom stereocenters. The average Bonchev–Trinajstić information content (AvgIpc) is 3.28. The Hall–Kier alpha value is -1.16. The molecule has 0 atom stereocenters. The molecule has 2 heterocycles. The Bertz CT molecular complexity index is 631. The van der Waals surface area contributed by atoms with Gasteiger partial charge in [-0.25, -0.2) is 9.67 Å². The van der Waals surface area contributed by atoms with Crippen LogP contribution in [0.15, 0.2) is 11.4 Å². The van der Waals surface area contributed by atoms with Crippen molar-refractivity contribution in [2.24, 2.45) is 0 Å². The molecule has 22 heavy (non-hydrogen) atoms. The molecule has 0 N–H and O–H groups in total. The second-order valence-electron chi connectivity index (χ2n) is 6.99. The Morgan fingerprint density at radius 2 is 1.68 bits per heavy atom. The molecule has 0 spiro atoms. The predicted octanol–water partition coefficient (Wildman–Crippen LogP) is 5.34. The van der Waals surface area contributed by atoms with E-state index in [1.165, 1.54) is 69.2 Å². The standard InChI is InChI=1S/C18H25N3S/c1-13-11-17(15-9-5-6-10-15)21(20-13)18-19-16(12-22-18)14-7-3-2-4-8-14/h11-12,14-15H,2-10H2,1H3. The van der Waals surface area contributed by atoms with Crippen LogP contribution in [-0.4, -0.2) is 14.8 Å². The van der Waals surface area contributed by atoms with E-state index in [0.29, 0.717) is 11.8 Å². The lowest BCUT2D eigenvalue weighted by molar-refractivity contribution is 0.437. The third-order valence-corrected chi connectivity index (χ3v) is 6.18. The third-order valence-electron chi connectivity index (χ3n) is 5.35. The highest BCUT2D eigenvalue weighted by atomic mass is 32.1. The van der Waals surface area contributed by atoms with Crippen molar-refractivity contribution in [3.05, 3.63) is 28.5 Å². The molecule has 2 saturated carbocycles. The number of nitrogens with zero attached hydrogens (tertiary/aromatic N) is 3. The smallest absolute Gasteiger partial charge is 0.210 e. The highest BCUT2D eigenvalue weighted by Gasteiger charge is 2.24. The minimum atomic E-state index is 0.684. The van der Waals surface area contributed by atoms with Gasteiger partial charge in [-0.15, -0.1) is 11.3 Å². The van der Waals surface area contributed by atoms with Crippen LogP contribution in [0.4, 0.5) is 0 Å². The van der Waals surface area contributed by atoms with Gasteiger partial charge in [0.25, 0.3) is 0 Å². The Labute approximate surface area is 136 Å². The summed E-state index contributed by atoms with van der Waals surface area (Å²) in [5, 5.41) is 8.11. The van der Waals surface area contributed by atoms with Gasteiger partial charge in [0.2, 0.25) is 5.13 Å². The predicted molar refractivity (Wildman–Crippen MR) is 91.0 cm³/mol. The maximum Gasteiger partial charge on any atom is 0.210 e. The fourth-order valence-corrected chi connectivity index (χ4v) is 5.02. The molecule has 2 aromatic rings. The first kappa shape index (κ1) is 14.4. The highest BCUT2D eigenvalue weighted by molar-refractivity contribution is 7.12. The van der Waals surface area contributed by atoms with Crippen molar-refractivity contribution in [1.29, 1.82) is 0 Å². The Morgan fingerprint density at radius 1 is 1.00 bits per heavy atom. The average molecular weight is 315 g/mol. The first-order chi connectivity index (χ1) is 10.8. The molecular weight excluding hydrogens is 290 g/mol. The molecule has 0 aromatic carbocycles. The first-order valence-corrected chi connectivity index (χ1v) is 9.71. The number of aryl methyl sites for hydroxylation is 1. The van der Waals surface area contributed by atoms with E-state index in [0.717, 1.165) is 10.8 Å². The molecule has 0 bridgehead atoms. The molecule has 0 radical (unpaired) electrons. The van der Waals surface area contributed by atoms with E-state index in [2.05, 4.69) is 23.1 Å². The van der Waals surface area contributed by atoms with Gasteiger partial charge in [0.15, 0.2) is 0 Å². The zero-order chi connectivity index (χ0) is 14.9. The second-order valence-corrected chi connectivity index (χ2v) is 7.83. The Balaban J connectivity index is 1.63. The molecule has 2 fully saturated rings. The lowest BCUT2D eigenvalue weighted by Gasteiger charge is -2.19. The molecular formula is C18H25N3S. The van der Waals surface area contributed by atoms with E-state index < -0.39 is 0 Å². The van der Waals surface area contributed by atoms with Crippen LogP contribution in [0.1, 0.15) is 86.7 Å². The van der Waals surface area contributed by atoms with Crippen LogP contribution in [0.25, 0.3) is 5.13 Å². The zero-order valence-corrected chi connectivity index (χ0v) is 14.2. The van der Waals surface area contributed by atoms with Crippen LogP contribution < -0.4 is 0 Å². The lowest BCUT2D eigenvalue weighted by atomic mass is 9.87. The van der Waals surface area contributed by atoms with Crippen LogP contribution in [0, 0.1) is 6.92 Å². The molecule has 2 aliphatic carbocycles. The molecule has 0 aliphatic heterocycles. The fourth-order valence-electron chi connectivity index (χ4n) is 4.14. The summed E-state index contributed by atoms with van der Waals surface area (Å²) in [5.41, 5.74) is 3.82. The molecule has 0 amide bonds. The van der Waals surface area contributed by atoms with Gasteiger partial charge in [-0.2, -0.15) is 5.10 Å². The van der Waals surface area contributed by atoms with Crippen molar-refractivity contribution in [2.75, 3.05) is 0 Å². The summed E-state index contributed by atoms with van der Waals surface area (Å²) in [6, 6.07) is 2.28. The van der Waals surface area contributed by atoms with Crippen molar-refractivity contribution in [3.63, 3.8) is 0 Å². The summed E-state index contributed by atoms with van der Waals surface area (Å²) in [7, 11) is 0. The third kappa shape index (κ3) is 2.73. The van der Waals surface area contributed by atoms with E-state index in [9.17, 15) is 0 Å². The van der Waals surface area contributed by atoms with Crippen molar-refractivity contribution < 1.29 is 0 Å². The van der Waals surface area contributed by atoms with Gasteiger partial charge >= 0.3 is 0 Å². The van der Waals surface area contributed by atoms with E-state index in [4.69, 9.17) is 10.1 Å². The molecule has 2 aliphatic rings. The summed E-state index contributed by atoms with van der Waals surface area (Å²) in [6.45, 7) is 2.10. The molecule has 3 nitrogen and oxygen atoms in total. The largest absolute Gasteiger partial charge is 0.223 e. The minimum absolute atomic E-state index is 0.684. The maximum atomic E-state index is 4.97. The summed E-state index contributed by atoms with van der Waals surface area (Å²) in [4.78, 5) is 4.97. The number of hydrogen-bond acceptors (Lipinski definition) is 3. The van der Waals surface area contributed by atoms with Crippen molar-refractivity contribution >= 4 is 11.3 Å². The highest BCUT2D eigenvalue weighted by Crippen LogP contribution is 2.37. The van der Waals surface area contributed by atoms with Gasteiger partial charge in [-0.1, -0.05) is 32.1 Å². The van der Waals surface area contributed by atoms with Gasteiger partial charge in [0, 0.05) is 17.2 Å². The molecule has 118 valence electrons. The summed E-state index contributed by atoms with van der Waals surface area (Å²) in [6.07, 6.45) is 12.1.